The van der Waals surface area contributed by atoms with Crippen molar-refractivity contribution in [2.24, 2.45) is 5.92 Å². The van der Waals surface area contributed by atoms with Crippen molar-refractivity contribution in [1.82, 2.24) is 4.90 Å². The first kappa shape index (κ1) is 15.8. The van der Waals surface area contributed by atoms with Gasteiger partial charge in [0.15, 0.2) is 0 Å². The van der Waals surface area contributed by atoms with E-state index < -0.39 is 6.10 Å². The van der Waals surface area contributed by atoms with Crippen molar-refractivity contribution in [2.75, 3.05) is 26.2 Å². The van der Waals surface area contributed by atoms with E-state index in [0.717, 1.165) is 13.0 Å². The Morgan fingerprint density at radius 2 is 2.33 bits per heavy atom. The first-order valence-electron chi connectivity index (χ1n) is 7.30. The lowest BCUT2D eigenvalue weighted by molar-refractivity contribution is 0.000140. The highest BCUT2D eigenvalue weighted by molar-refractivity contribution is 5.36. The molecule has 114 valence electrons. The Morgan fingerprint density at radius 1 is 1.52 bits per heavy atom. The number of aliphatic hydroxyl groups excluding tert-OH is 2. The zero-order valence-corrected chi connectivity index (χ0v) is 12.3. The standard InChI is InChI=1S/C16H22N2O3/c1-12-5-6-18(10-16(12)20)9-14(19)11-21-15-4-2-3-13(7-15)8-17/h2-4,7,12,14,16,19-20H,5-6,9-11H2,1H3. The molecular formula is C16H22N2O3. The summed E-state index contributed by atoms with van der Waals surface area (Å²) < 4.78 is 5.51. The molecule has 0 radical (unpaired) electrons. The summed E-state index contributed by atoms with van der Waals surface area (Å²) in [7, 11) is 0. The molecule has 21 heavy (non-hydrogen) atoms. The first-order chi connectivity index (χ1) is 10.1. The van der Waals surface area contributed by atoms with Gasteiger partial charge < -0.3 is 14.9 Å². The average Bonchev–Trinajstić information content (AvgIpc) is 2.49. The molecule has 0 spiro atoms. The number of nitriles is 1. The Labute approximate surface area is 125 Å². The normalized spacial score (nSPS) is 24.3. The summed E-state index contributed by atoms with van der Waals surface area (Å²) >= 11 is 0. The van der Waals surface area contributed by atoms with Crippen LogP contribution >= 0.6 is 0 Å². The van der Waals surface area contributed by atoms with Gasteiger partial charge in [-0.3, -0.25) is 4.90 Å². The van der Waals surface area contributed by atoms with Gasteiger partial charge in [0.2, 0.25) is 0 Å². The third-order valence-electron chi connectivity index (χ3n) is 3.88. The molecular weight excluding hydrogens is 268 g/mol. The summed E-state index contributed by atoms with van der Waals surface area (Å²) in [6.07, 6.45) is 0.00871. The minimum Gasteiger partial charge on any atom is -0.491 e. The van der Waals surface area contributed by atoms with Gasteiger partial charge in [0.1, 0.15) is 18.5 Å². The largest absolute Gasteiger partial charge is 0.491 e. The molecule has 0 aromatic heterocycles. The van der Waals surface area contributed by atoms with Crippen LogP contribution in [0.25, 0.3) is 0 Å². The van der Waals surface area contributed by atoms with Crippen LogP contribution in [0, 0.1) is 17.2 Å². The molecule has 1 aliphatic heterocycles. The second-order valence-electron chi connectivity index (χ2n) is 5.70. The number of aliphatic hydroxyl groups is 2. The van der Waals surface area contributed by atoms with Crippen LogP contribution in [-0.4, -0.2) is 53.6 Å². The van der Waals surface area contributed by atoms with E-state index in [1.807, 2.05) is 6.92 Å². The van der Waals surface area contributed by atoms with E-state index in [2.05, 4.69) is 11.0 Å². The quantitative estimate of drug-likeness (QED) is 0.846. The smallest absolute Gasteiger partial charge is 0.120 e. The van der Waals surface area contributed by atoms with Crippen molar-refractivity contribution in [3.8, 4) is 11.8 Å². The van der Waals surface area contributed by atoms with Crippen LogP contribution in [0.4, 0.5) is 0 Å². The van der Waals surface area contributed by atoms with Crippen molar-refractivity contribution in [3.63, 3.8) is 0 Å². The number of ether oxygens (including phenoxy) is 1. The van der Waals surface area contributed by atoms with Gasteiger partial charge in [-0.05, 0) is 37.1 Å². The number of hydrogen-bond acceptors (Lipinski definition) is 5. The SMILES string of the molecule is CC1CCN(CC(O)COc2cccc(C#N)c2)CC1O. The van der Waals surface area contributed by atoms with Crippen molar-refractivity contribution in [2.45, 2.75) is 25.6 Å². The van der Waals surface area contributed by atoms with Gasteiger partial charge in [0.05, 0.1) is 17.7 Å². The molecule has 1 fully saturated rings. The Kier molecular flexibility index (Phi) is 5.57. The summed E-state index contributed by atoms with van der Waals surface area (Å²) in [4.78, 5) is 2.06. The maximum Gasteiger partial charge on any atom is 0.120 e. The lowest BCUT2D eigenvalue weighted by Crippen LogP contribution is -2.46. The molecule has 2 rings (SSSR count). The van der Waals surface area contributed by atoms with Crippen LogP contribution in [0.5, 0.6) is 5.75 Å². The fourth-order valence-corrected chi connectivity index (χ4v) is 2.48. The van der Waals surface area contributed by atoms with E-state index in [1.165, 1.54) is 0 Å². The van der Waals surface area contributed by atoms with E-state index in [4.69, 9.17) is 10.00 Å². The van der Waals surface area contributed by atoms with Gasteiger partial charge in [0, 0.05) is 13.1 Å². The lowest BCUT2D eigenvalue weighted by atomic mass is 9.96. The Hall–Kier alpha value is -1.61. The molecule has 2 N–H and O–H groups in total. The van der Waals surface area contributed by atoms with Crippen LogP contribution in [0.2, 0.25) is 0 Å². The molecule has 3 unspecified atom stereocenters. The molecule has 1 saturated heterocycles. The molecule has 1 heterocycles. The van der Waals surface area contributed by atoms with Crippen molar-refractivity contribution < 1.29 is 14.9 Å². The van der Waals surface area contributed by atoms with Gasteiger partial charge in [-0.2, -0.15) is 5.26 Å². The third kappa shape index (κ3) is 4.71. The molecule has 5 heteroatoms. The number of piperidine rings is 1. The number of nitrogens with zero attached hydrogens (tertiary/aromatic N) is 2. The van der Waals surface area contributed by atoms with Crippen LogP contribution in [0.3, 0.4) is 0 Å². The predicted octanol–water partition coefficient (Wildman–Crippen LogP) is 1.00. The predicted molar refractivity (Wildman–Crippen MR) is 78.9 cm³/mol. The number of likely N-dealkylation sites (tertiary alicyclic amines) is 1. The molecule has 0 aliphatic carbocycles. The second-order valence-corrected chi connectivity index (χ2v) is 5.70. The van der Waals surface area contributed by atoms with Crippen molar-refractivity contribution >= 4 is 0 Å². The van der Waals surface area contributed by atoms with Crippen LogP contribution in [0.15, 0.2) is 24.3 Å². The van der Waals surface area contributed by atoms with Gasteiger partial charge in [-0.15, -0.1) is 0 Å². The highest BCUT2D eigenvalue weighted by atomic mass is 16.5. The topological polar surface area (TPSA) is 76.7 Å². The number of β-amino-alcohol motifs (C(OH)–C–C–N with tert-alkyl or cyclic N) is 2. The number of rotatable bonds is 5. The van der Waals surface area contributed by atoms with Crippen LogP contribution in [0.1, 0.15) is 18.9 Å². The molecule has 3 atom stereocenters. The molecule has 0 amide bonds. The van der Waals surface area contributed by atoms with Gasteiger partial charge in [-0.25, -0.2) is 0 Å². The zero-order chi connectivity index (χ0) is 15.2. The summed E-state index contributed by atoms with van der Waals surface area (Å²) in [5.74, 6) is 0.906. The Morgan fingerprint density at radius 3 is 3.05 bits per heavy atom. The highest BCUT2D eigenvalue weighted by Crippen LogP contribution is 2.17. The third-order valence-corrected chi connectivity index (χ3v) is 3.88. The Bertz CT molecular complexity index is 501. The number of benzene rings is 1. The van der Waals surface area contributed by atoms with E-state index in [-0.39, 0.29) is 12.7 Å². The van der Waals surface area contributed by atoms with Gasteiger partial charge in [-0.1, -0.05) is 13.0 Å². The molecule has 0 saturated carbocycles. The Balaban J connectivity index is 1.77. The van der Waals surface area contributed by atoms with Gasteiger partial charge >= 0.3 is 0 Å². The molecule has 1 aliphatic rings. The summed E-state index contributed by atoms with van der Waals surface area (Å²) in [5.41, 5.74) is 0.537. The van der Waals surface area contributed by atoms with Crippen molar-refractivity contribution in [1.29, 1.82) is 5.26 Å². The minimum absolute atomic E-state index is 0.178. The van der Waals surface area contributed by atoms with Crippen LogP contribution < -0.4 is 4.74 Å². The van der Waals surface area contributed by atoms with E-state index in [9.17, 15) is 10.2 Å². The maximum absolute atomic E-state index is 10.0. The van der Waals surface area contributed by atoms with Crippen LogP contribution in [-0.2, 0) is 0 Å². The van der Waals surface area contributed by atoms with E-state index in [0.29, 0.717) is 30.3 Å². The van der Waals surface area contributed by atoms with E-state index >= 15 is 0 Å². The second kappa shape index (κ2) is 7.41. The average molecular weight is 290 g/mol. The summed E-state index contributed by atoms with van der Waals surface area (Å²) in [5, 5.41) is 28.7. The molecule has 1 aromatic rings. The first-order valence-corrected chi connectivity index (χ1v) is 7.30. The maximum atomic E-state index is 10.0. The highest BCUT2D eigenvalue weighted by Gasteiger charge is 2.25. The zero-order valence-electron chi connectivity index (χ0n) is 12.3. The van der Waals surface area contributed by atoms with Gasteiger partial charge in [0.25, 0.3) is 0 Å². The fourth-order valence-electron chi connectivity index (χ4n) is 2.48. The van der Waals surface area contributed by atoms with E-state index in [1.54, 1.807) is 24.3 Å². The molecule has 0 bridgehead atoms. The summed E-state index contributed by atoms with van der Waals surface area (Å²) in [6, 6.07) is 8.93. The molecule has 5 nitrogen and oxygen atoms in total. The van der Waals surface area contributed by atoms with Crippen molar-refractivity contribution in [3.05, 3.63) is 29.8 Å². The minimum atomic E-state index is -0.614. The number of hydrogen-bond donors (Lipinski definition) is 2. The lowest BCUT2D eigenvalue weighted by Gasteiger charge is -2.35. The fraction of sp³-hybridized carbons (Fsp3) is 0.562. The summed E-state index contributed by atoms with van der Waals surface area (Å²) in [6.45, 7) is 4.20. The molecule has 1 aromatic carbocycles. The monoisotopic (exact) mass is 290 g/mol.